The highest BCUT2D eigenvalue weighted by molar-refractivity contribution is 5.55. The van der Waals surface area contributed by atoms with E-state index in [0.717, 1.165) is 25.6 Å². The number of aryl methyl sites for hydroxylation is 1. The quantitative estimate of drug-likeness (QED) is 0.623. The highest BCUT2D eigenvalue weighted by Crippen LogP contribution is 2.26. The summed E-state index contributed by atoms with van der Waals surface area (Å²) >= 11 is 0. The van der Waals surface area contributed by atoms with Gasteiger partial charge in [0.1, 0.15) is 0 Å². The molecule has 0 aliphatic carbocycles. The maximum absolute atomic E-state index is 13.7. The van der Waals surface area contributed by atoms with Crippen LogP contribution in [0.15, 0.2) is 12.1 Å². The SMILES string of the molecule is Cc1cc(NC2CCNC2)c(F)cc1[N+](=O)[O-]. The molecule has 0 radical (unpaired) electrons. The number of rotatable bonds is 3. The second kappa shape index (κ2) is 4.67. The molecular weight excluding hydrogens is 225 g/mol. The zero-order valence-corrected chi connectivity index (χ0v) is 9.50. The molecular formula is C11H14FN3O2. The third-order valence-electron chi connectivity index (χ3n) is 2.90. The summed E-state index contributed by atoms with van der Waals surface area (Å²) in [5, 5.41) is 16.9. The maximum Gasteiger partial charge on any atom is 0.275 e. The molecule has 1 unspecified atom stereocenters. The van der Waals surface area contributed by atoms with Gasteiger partial charge in [0.05, 0.1) is 16.7 Å². The Morgan fingerprint density at radius 3 is 2.94 bits per heavy atom. The Morgan fingerprint density at radius 2 is 2.35 bits per heavy atom. The third kappa shape index (κ3) is 2.52. The van der Waals surface area contributed by atoms with Gasteiger partial charge >= 0.3 is 0 Å². The molecule has 1 aliphatic rings. The molecule has 1 fully saturated rings. The van der Waals surface area contributed by atoms with Gasteiger partial charge in [0.2, 0.25) is 0 Å². The van der Waals surface area contributed by atoms with Gasteiger partial charge in [-0.2, -0.15) is 0 Å². The normalized spacial score (nSPS) is 19.3. The number of nitrogens with zero attached hydrogens (tertiary/aromatic N) is 1. The van der Waals surface area contributed by atoms with Gasteiger partial charge in [0, 0.05) is 18.2 Å². The summed E-state index contributed by atoms with van der Waals surface area (Å²) in [4.78, 5) is 10.1. The van der Waals surface area contributed by atoms with E-state index in [1.54, 1.807) is 6.92 Å². The van der Waals surface area contributed by atoms with Crippen LogP contribution in [-0.4, -0.2) is 24.1 Å². The molecule has 92 valence electrons. The van der Waals surface area contributed by atoms with E-state index in [4.69, 9.17) is 0 Å². The molecule has 0 bridgehead atoms. The van der Waals surface area contributed by atoms with Crippen molar-refractivity contribution in [3.63, 3.8) is 0 Å². The van der Waals surface area contributed by atoms with Crippen LogP contribution < -0.4 is 10.6 Å². The smallest absolute Gasteiger partial charge is 0.275 e. The molecule has 5 nitrogen and oxygen atoms in total. The predicted octanol–water partition coefficient (Wildman–Crippen LogP) is 1.82. The summed E-state index contributed by atoms with van der Waals surface area (Å²) in [5.74, 6) is -0.575. The minimum absolute atomic E-state index is 0.183. The molecule has 2 N–H and O–H groups in total. The van der Waals surface area contributed by atoms with Crippen molar-refractivity contribution in [1.82, 2.24) is 5.32 Å². The van der Waals surface area contributed by atoms with Crippen molar-refractivity contribution in [1.29, 1.82) is 0 Å². The van der Waals surface area contributed by atoms with E-state index in [0.29, 0.717) is 11.3 Å². The molecule has 2 rings (SSSR count). The lowest BCUT2D eigenvalue weighted by Crippen LogP contribution is -2.22. The van der Waals surface area contributed by atoms with Crippen LogP contribution in [-0.2, 0) is 0 Å². The number of benzene rings is 1. The van der Waals surface area contributed by atoms with Crippen LogP contribution in [0.4, 0.5) is 15.8 Å². The van der Waals surface area contributed by atoms with Crippen molar-refractivity contribution >= 4 is 11.4 Å². The fraction of sp³-hybridized carbons (Fsp3) is 0.455. The molecule has 1 aromatic rings. The molecule has 1 atom stereocenters. The largest absolute Gasteiger partial charge is 0.379 e. The fourth-order valence-corrected chi connectivity index (χ4v) is 1.98. The average Bonchev–Trinajstić information content (AvgIpc) is 2.75. The zero-order chi connectivity index (χ0) is 12.4. The van der Waals surface area contributed by atoms with Crippen LogP contribution in [0.25, 0.3) is 0 Å². The summed E-state index contributed by atoms with van der Waals surface area (Å²) in [5.41, 5.74) is 0.615. The topological polar surface area (TPSA) is 67.2 Å². The first kappa shape index (κ1) is 11.8. The molecule has 1 aromatic carbocycles. The Bertz CT molecular complexity index is 445. The van der Waals surface area contributed by atoms with Gasteiger partial charge in [-0.15, -0.1) is 0 Å². The molecule has 0 spiro atoms. The summed E-state index contributed by atoms with van der Waals surface area (Å²) in [7, 11) is 0. The van der Waals surface area contributed by atoms with Crippen molar-refractivity contribution in [2.75, 3.05) is 18.4 Å². The standard InChI is InChI=1S/C11H14FN3O2/c1-7-4-10(14-8-2-3-13-6-8)9(12)5-11(7)15(16)17/h4-5,8,13-14H,2-3,6H2,1H3. The number of nitrogens with one attached hydrogen (secondary N) is 2. The first-order valence-corrected chi connectivity index (χ1v) is 5.49. The van der Waals surface area contributed by atoms with Crippen LogP contribution in [0.5, 0.6) is 0 Å². The van der Waals surface area contributed by atoms with Crippen molar-refractivity contribution in [3.05, 3.63) is 33.6 Å². The van der Waals surface area contributed by atoms with Crippen molar-refractivity contribution in [3.8, 4) is 0 Å². The molecule has 1 saturated heterocycles. The number of anilines is 1. The van der Waals surface area contributed by atoms with Crippen molar-refractivity contribution in [2.24, 2.45) is 0 Å². The Labute approximate surface area is 98.2 Å². The van der Waals surface area contributed by atoms with Gasteiger partial charge in [-0.3, -0.25) is 10.1 Å². The van der Waals surface area contributed by atoms with Crippen LogP contribution in [0.1, 0.15) is 12.0 Å². The fourth-order valence-electron chi connectivity index (χ4n) is 1.98. The lowest BCUT2D eigenvalue weighted by Gasteiger charge is -2.14. The molecule has 1 heterocycles. The van der Waals surface area contributed by atoms with Crippen LogP contribution >= 0.6 is 0 Å². The monoisotopic (exact) mass is 239 g/mol. The Balaban J connectivity index is 2.23. The second-order valence-electron chi connectivity index (χ2n) is 4.21. The van der Waals surface area contributed by atoms with E-state index in [-0.39, 0.29) is 11.7 Å². The van der Waals surface area contributed by atoms with E-state index in [1.165, 1.54) is 6.07 Å². The number of nitro benzene ring substituents is 1. The highest BCUT2D eigenvalue weighted by atomic mass is 19.1. The molecule has 1 aliphatic heterocycles. The number of hydrogen-bond acceptors (Lipinski definition) is 4. The van der Waals surface area contributed by atoms with Crippen molar-refractivity contribution < 1.29 is 9.31 Å². The van der Waals surface area contributed by atoms with Crippen LogP contribution in [0.2, 0.25) is 0 Å². The summed E-state index contributed by atoms with van der Waals surface area (Å²) < 4.78 is 13.7. The minimum atomic E-state index is -0.575. The van der Waals surface area contributed by atoms with E-state index >= 15 is 0 Å². The Hall–Kier alpha value is -1.69. The van der Waals surface area contributed by atoms with Gasteiger partial charge in [-0.25, -0.2) is 4.39 Å². The van der Waals surface area contributed by atoms with E-state index in [1.807, 2.05) is 0 Å². The van der Waals surface area contributed by atoms with Crippen molar-refractivity contribution in [2.45, 2.75) is 19.4 Å². The van der Waals surface area contributed by atoms with E-state index in [9.17, 15) is 14.5 Å². The predicted molar refractivity (Wildman–Crippen MR) is 62.7 cm³/mol. The summed E-state index contributed by atoms with van der Waals surface area (Å²) in [6, 6.07) is 2.65. The molecule has 6 heteroatoms. The minimum Gasteiger partial charge on any atom is -0.379 e. The molecule has 17 heavy (non-hydrogen) atoms. The molecule has 0 amide bonds. The maximum atomic E-state index is 13.7. The van der Waals surface area contributed by atoms with Gasteiger partial charge in [0.25, 0.3) is 5.69 Å². The highest BCUT2D eigenvalue weighted by Gasteiger charge is 2.19. The number of halogens is 1. The van der Waals surface area contributed by atoms with Gasteiger partial charge < -0.3 is 10.6 Å². The first-order valence-electron chi connectivity index (χ1n) is 5.49. The second-order valence-corrected chi connectivity index (χ2v) is 4.21. The summed E-state index contributed by atoms with van der Waals surface area (Å²) in [6.07, 6.45) is 0.926. The number of nitro groups is 1. The van der Waals surface area contributed by atoms with Crippen LogP contribution in [0, 0.1) is 22.9 Å². The molecule has 0 aromatic heterocycles. The number of hydrogen-bond donors (Lipinski definition) is 2. The lowest BCUT2D eigenvalue weighted by molar-refractivity contribution is -0.385. The van der Waals surface area contributed by atoms with Crippen LogP contribution in [0.3, 0.4) is 0 Å². The van der Waals surface area contributed by atoms with Gasteiger partial charge in [-0.1, -0.05) is 0 Å². The lowest BCUT2D eigenvalue weighted by atomic mass is 10.1. The van der Waals surface area contributed by atoms with Gasteiger partial charge in [0.15, 0.2) is 5.82 Å². The third-order valence-corrected chi connectivity index (χ3v) is 2.90. The Morgan fingerprint density at radius 1 is 1.59 bits per heavy atom. The Kier molecular flexibility index (Phi) is 3.23. The molecule has 0 saturated carbocycles. The zero-order valence-electron chi connectivity index (χ0n) is 9.50. The first-order chi connectivity index (χ1) is 8.08. The van der Waals surface area contributed by atoms with Gasteiger partial charge in [-0.05, 0) is 26.0 Å². The average molecular weight is 239 g/mol. The summed E-state index contributed by atoms with van der Waals surface area (Å²) in [6.45, 7) is 3.30. The van der Waals surface area contributed by atoms with E-state index in [2.05, 4.69) is 10.6 Å². The van der Waals surface area contributed by atoms with E-state index < -0.39 is 10.7 Å².